The van der Waals surface area contributed by atoms with Gasteiger partial charge in [0.1, 0.15) is 6.54 Å². The number of anilines is 1. The molecular formula is C17H25Cl2N3O3S. The van der Waals surface area contributed by atoms with E-state index in [-0.39, 0.29) is 23.2 Å². The van der Waals surface area contributed by atoms with Gasteiger partial charge in [0, 0.05) is 11.6 Å². The molecule has 1 N–H and O–H groups in total. The van der Waals surface area contributed by atoms with E-state index in [1.807, 2.05) is 0 Å². The number of carbonyl (C=O) groups is 1. The summed E-state index contributed by atoms with van der Waals surface area (Å²) >= 11 is 12.0. The van der Waals surface area contributed by atoms with Crippen LogP contribution in [0.4, 0.5) is 5.69 Å². The van der Waals surface area contributed by atoms with Gasteiger partial charge in [0.15, 0.2) is 0 Å². The summed E-state index contributed by atoms with van der Waals surface area (Å²) in [6, 6.07) is 4.49. The van der Waals surface area contributed by atoms with E-state index >= 15 is 0 Å². The van der Waals surface area contributed by atoms with E-state index in [9.17, 15) is 13.2 Å². The van der Waals surface area contributed by atoms with Crippen molar-refractivity contribution in [3.8, 4) is 0 Å². The lowest BCUT2D eigenvalue weighted by atomic mass is 10.1. The third-order valence-corrected chi connectivity index (χ3v) is 5.95. The number of rotatable bonds is 8. The summed E-state index contributed by atoms with van der Waals surface area (Å²) in [4.78, 5) is 14.6. The first-order valence-electron chi connectivity index (χ1n) is 8.69. The normalized spacial score (nSPS) is 15.7. The fourth-order valence-corrected chi connectivity index (χ4v) is 4.39. The second-order valence-electron chi connectivity index (χ2n) is 6.47. The van der Waals surface area contributed by atoms with Gasteiger partial charge in [-0.1, -0.05) is 29.6 Å². The lowest BCUT2D eigenvalue weighted by Gasteiger charge is -2.26. The number of nitrogens with one attached hydrogen (secondary N) is 1. The lowest BCUT2D eigenvalue weighted by molar-refractivity contribution is -0.119. The number of amides is 1. The van der Waals surface area contributed by atoms with Crippen LogP contribution in [0.2, 0.25) is 10.0 Å². The second-order valence-corrected chi connectivity index (χ2v) is 9.22. The molecule has 6 nitrogen and oxygen atoms in total. The molecule has 1 aromatic carbocycles. The van der Waals surface area contributed by atoms with Crippen molar-refractivity contribution in [2.24, 2.45) is 0 Å². The summed E-state index contributed by atoms with van der Waals surface area (Å²) in [5, 5.41) is 3.36. The van der Waals surface area contributed by atoms with Crippen molar-refractivity contribution in [3.05, 3.63) is 28.2 Å². The molecule has 1 aliphatic rings. The summed E-state index contributed by atoms with van der Waals surface area (Å²) in [6.45, 7) is 3.38. The molecule has 0 spiro atoms. The van der Waals surface area contributed by atoms with E-state index in [4.69, 9.17) is 23.2 Å². The predicted molar refractivity (Wildman–Crippen MR) is 107 cm³/mol. The smallest absolute Gasteiger partial charge is 0.240 e. The van der Waals surface area contributed by atoms with E-state index in [0.29, 0.717) is 11.6 Å². The molecule has 1 saturated heterocycles. The molecule has 0 aromatic heterocycles. The number of sulfonamides is 1. The highest BCUT2D eigenvalue weighted by atomic mass is 35.5. The maximum absolute atomic E-state index is 12.2. The number of halogens is 2. The van der Waals surface area contributed by atoms with Crippen LogP contribution in [0.5, 0.6) is 0 Å². The molecule has 0 aliphatic carbocycles. The molecule has 0 atom stereocenters. The Hall–Kier alpha value is -1.02. The molecule has 1 fully saturated rings. The molecule has 0 saturated carbocycles. The van der Waals surface area contributed by atoms with Gasteiger partial charge in [0.2, 0.25) is 15.9 Å². The van der Waals surface area contributed by atoms with Gasteiger partial charge < -0.3 is 10.2 Å². The molecule has 2 rings (SSSR count). The van der Waals surface area contributed by atoms with Crippen LogP contribution in [0, 0.1) is 0 Å². The molecule has 9 heteroatoms. The van der Waals surface area contributed by atoms with Gasteiger partial charge in [0.05, 0.1) is 17.0 Å². The second kappa shape index (κ2) is 9.78. The Morgan fingerprint density at radius 3 is 2.54 bits per heavy atom. The van der Waals surface area contributed by atoms with Crippen molar-refractivity contribution in [1.29, 1.82) is 0 Å². The fraction of sp³-hybridized carbons (Fsp3) is 0.588. The van der Waals surface area contributed by atoms with Crippen molar-refractivity contribution in [2.45, 2.75) is 25.7 Å². The number of nitrogens with zero attached hydrogens (tertiary/aromatic N) is 2. The van der Waals surface area contributed by atoms with Crippen LogP contribution in [0.1, 0.15) is 25.7 Å². The maximum atomic E-state index is 12.2. The summed E-state index contributed by atoms with van der Waals surface area (Å²) in [7, 11) is -3.66. The Morgan fingerprint density at radius 2 is 1.92 bits per heavy atom. The van der Waals surface area contributed by atoms with Crippen LogP contribution < -0.4 is 9.62 Å². The highest BCUT2D eigenvalue weighted by Crippen LogP contribution is 2.30. The molecule has 1 heterocycles. The first kappa shape index (κ1) is 21.3. The third-order valence-electron chi connectivity index (χ3n) is 4.29. The minimum Gasteiger partial charge on any atom is -0.354 e. The summed E-state index contributed by atoms with van der Waals surface area (Å²) in [6.07, 6.45) is 5.64. The van der Waals surface area contributed by atoms with Gasteiger partial charge in [-0.05, 0) is 57.1 Å². The maximum Gasteiger partial charge on any atom is 0.240 e. The lowest BCUT2D eigenvalue weighted by Crippen LogP contribution is -2.41. The minimum atomic E-state index is -3.66. The summed E-state index contributed by atoms with van der Waals surface area (Å²) in [5.74, 6) is -0.361. The first-order chi connectivity index (χ1) is 12.3. The topological polar surface area (TPSA) is 69.7 Å². The van der Waals surface area contributed by atoms with Crippen molar-refractivity contribution in [1.82, 2.24) is 10.2 Å². The SMILES string of the molecule is CS(=O)(=O)N(CC(=O)NCCCN1CCCCC1)c1ccc(Cl)cc1Cl. The number of carbonyl (C=O) groups excluding carboxylic acids is 1. The molecule has 26 heavy (non-hydrogen) atoms. The molecule has 0 bridgehead atoms. The monoisotopic (exact) mass is 421 g/mol. The fourth-order valence-electron chi connectivity index (χ4n) is 2.96. The summed E-state index contributed by atoms with van der Waals surface area (Å²) in [5.41, 5.74) is 0.238. The number of hydrogen-bond acceptors (Lipinski definition) is 4. The zero-order chi connectivity index (χ0) is 19.2. The van der Waals surface area contributed by atoms with Crippen LogP contribution in [-0.2, 0) is 14.8 Å². The van der Waals surface area contributed by atoms with Gasteiger partial charge in [-0.3, -0.25) is 9.10 Å². The quantitative estimate of drug-likeness (QED) is 0.655. The molecule has 0 unspecified atom stereocenters. The van der Waals surface area contributed by atoms with E-state index in [1.54, 1.807) is 0 Å². The zero-order valence-corrected chi connectivity index (χ0v) is 17.2. The standard InChI is InChI=1S/C17H25Cl2N3O3S/c1-26(24,25)22(16-7-6-14(18)12-15(16)19)13-17(23)20-8-5-11-21-9-3-2-4-10-21/h6-7,12H,2-5,8-11,13H2,1H3,(H,20,23). The van der Waals surface area contributed by atoms with Gasteiger partial charge >= 0.3 is 0 Å². The van der Waals surface area contributed by atoms with Gasteiger partial charge in [-0.2, -0.15) is 0 Å². The average Bonchev–Trinajstić information content (AvgIpc) is 2.57. The van der Waals surface area contributed by atoms with E-state index in [2.05, 4.69) is 10.2 Å². The number of piperidine rings is 1. The van der Waals surface area contributed by atoms with Crippen molar-refractivity contribution in [3.63, 3.8) is 0 Å². The molecule has 1 aliphatic heterocycles. The van der Waals surface area contributed by atoms with Gasteiger partial charge in [-0.25, -0.2) is 8.42 Å². The highest BCUT2D eigenvalue weighted by Gasteiger charge is 2.23. The van der Waals surface area contributed by atoms with Gasteiger partial charge in [0.25, 0.3) is 0 Å². The molecular weight excluding hydrogens is 397 g/mol. The van der Waals surface area contributed by atoms with Crippen LogP contribution >= 0.6 is 23.2 Å². The minimum absolute atomic E-state index is 0.181. The van der Waals surface area contributed by atoms with Crippen LogP contribution in [0.3, 0.4) is 0 Å². The van der Waals surface area contributed by atoms with Crippen molar-refractivity contribution < 1.29 is 13.2 Å². The predicted octanol–water partition coefficient (Wildman–Crippen LogP) is 2.75. The van der Waals surface area contributed by atoms with Crippen LogP contribution in [-0.4, -0.2) is 58.2 Å². The van der Waals surface area contributed by atoms with Crippen LogP contribution in [0.25, 0.3) is 0 Å². The first-order valence-corrected chi connectivity index (χ1v) is 11.3. The number of benzene rings is 1. The average molecular weight is 422 g/mol. The van der Waals surface area contributed by atoms with Gasteiger partial charge in [-0.15, -0.1) is 0 Å². The zero-order valence-electron chi connectivity index (χ0n) is 14.9. The Kier molecular flexibility index (Phi) is 8.01. The van der Waals surface area contributed by atoms with Crippen molar-refractivity contribution >= 4 is 44.8 Å². The Bertz CT molecular complexity index is 722. The molecule has 1 aromatic rings. The van der Waals surface area contributed by atoms with Crippen LogP contribution in [0.15, 0.2) is 18.2 Å². The van der Waals surface area contributed by atoms with E-state index < -0.39 is 10.0 Å². The largest absolute Gasteiger partial charge is 0.354 e. The highest BCUT2D eigenvalue weighted by molar-refractivity contribution is 7.92. The Morgan fingerprint density at radius 1 is 1.23 bits per heavy atom. The molecule has 1 amide bonds. The molecule has 0 radical (unpaired) electrons. The third kappa shape index (κ3) is 6.61. The number of hydrogen-bond donors (Lipinski definition) is 1. The Labute approximate surface area is 165 Å². The van der Waals surface area contributed by atoms with E-state index in [1.165, 1.54) is 37.5 Å². The number of likely N-dealkylation sites (tertiary alicyclic amines) is 1. The van der Waals surface area contributed by atoms with Crippen molar-refractivity contribution in [2.75, 3.05) is 43.3 Å². The molecule has 146 valence electrons. The summed E-state index contributed by atoms with van der Waals surface area (Å²) < 4.78 is 25.2. The van der Waals surface area contributed by atoms with E-state index in [0.717, 1.165) is 36.6 Å². The Balaban J connectivity index is 1.88.